The molecule has 8 heteroatoms. The zero-order valence-electron chi connectivity index (χ0n) is 19.0. The fraction of sp³-hybridized carbons (Fsp3) is 0.520. The highest BCUT2D eigenvalue weighted by Gasteiger charge is 2.38. The average Bonchev–Trinajstić information content (AvgIpc) is 3.54. The molecule has 3 heterocycles. The minimum absolute atomic E-state index is 0.105. The van der Waals surface area contributed by atoms with Crippen LogP contribution in [0, 0.1) is 6.92 Å². The van der Waals surface area contributed by atoms with Crippen LogP contribution in [-0.4, -0.2) is 40.8 Å². The average molecular weight is 467 g/mol. The Labute approximate surface area is 198 Å². The molecule has 1 amide bonds. The van der Waals surface area contributed by atoms with Crippen molar-refractivity contribution >= 4 is 17.2 Å². The molecule has 2 aliphatic rings. The predicted molar refractivity (Wildman–Crippen MR) is 126 cm³/mol. The number of nitrogens with one attached hydrogen (secondary N) is 1. The number of nitrogens with zero attached hydrogens (tertiary/aromatic N) is 3. The SMILES string of the molecule is Cc1nc(-c2cccc(C(=O)NCC3(c4nc(C5CCCCC5)cs4)CCOCC3)c2)no1. The molecular formula is C25H30N4O3S. The smallest absolute Gasteiger partial charge is 0.251 e. The van der Waals surface area contributed by atoms with Crippen LogP contribution in [0.1, 0.15) is 77.8 Å². The molecule has 2 aromatic heterocycles. The number of aryl methyl sites for hydroxylation is 1. The lowest BCUT2D eigenvalue weighted by Crippen LogP contribution is -2.44. The zero-order chi connectivity index (χ0) is 22.7. The summed E-state index contributed by atoms with van der Waals surface area (Å²) in [6, 6.07) is 7.34. The summed E-state index contributed by atoms with van der Waals surface area (Å²) in [5, 5.41) is 10.5. The van der Waals surface area contributed by atoms with Crippen LogP contribution in [0.4, 0.5) is 0 Å². The Morgan fingerprint density at radius 1 is 1.18 bits per heavy atom. The van der Waals surface area contributed by atoms with E-state index in [1.807, 2.05) is 18.2 Å². The van der Waals surface area contributed by atoms with E-state index in [1.54, 1.807) is 24.3 Å². The number of thiazole rings is 1. The van der Waals surface area contributed by atoms with Gasteiger partial charge in [-0.3, -0.25) is 4.79 Å². The van der Waals surface area contributed by atoms with Gasteiger partial charge in [0.2, 0.25) is 11.7 Å². The third-order valence-corrected chi connectivity index (χ3v) is 8.05. The van der Waals surface area contributed by atoms with Gasteiger partial charge in [0.1, 0.15) is 5.01 Å². The van der Waals surface area contributed by atoms with E-state index in [1.165, 1.54) is 37.8 Å². The minimum Gasteiger partial charge on any atom is -0.381 e. The highest BCUT2D eigenvalue weighted by molar-refractivity contribution is 7.09. The Morgan fingerprint density at radius 2 is 2.00 bits per heavy atom. The van der Waals surface area contributed by atoms with Gasteiger partial charge in [-0.15, -0.1) is 11.3 Å². The minimum atomic E-state index is -0.173. The van der Waals surface area contributed by atoms with Crippen LogP contribution in [0.5, 0.6) is 0 Å². The molecule has 1 N–H and O–H groups in total. The molecule has 7 nitrogen and oxygen atoms in total. The summed E-state index contributed by atoms with van der Waals surface area (Å²) >= 11 is 1.75. The number of carbonyl (C=O) groups is 1. The summed E-state index contributed by atoms with van der Waals surface area (Å²) in [6.45, 7) is 3.69. The van der Waals surface area contributed by atoms with Gasteiger partial charge in [0.25, 0.3) is 5.91 Å². The van der Waals surface area contributed by atoms with E-state index in [-0.39, 0.29) is 11.3 Å². The molecule has 174 valence electrons. The fourth-order valence-corrected chi connectivity index (χ4v) is 6.07. The first-order valence-corrected chi connectivity index (χ1v) is 12.7. The van der Waals surface area contributed by atoms with Gasteiger partial charge in [0.15, 0.2) is 0 Å². The Bertz CT molecular complexity index is 1100. The van der Waals surface area contributed by atoms with E-state index < -0.39 is 0 Å². The molecule has 0 spiro atoms. The van der Waals surface area contributed by atoms with Crippen LogP contribution in [0.2, 0.25) is 0 Å². The van der Waals surface area contributed by atoms with Gasteiger partial charge in [-0.1, -0.05) is 36.6 Å². The Kier molecular flexibility index (Phi) is 6.55. The van der Waals surface area contributed by atoms with Crippen molar-refractivity contribution in [2.75, 3.05) is 19.8 Å². The van der Waals surface area contributed by atoms with Crippen LogP contribution in [0.15, 0.2) is 34.2 Å². The maximum absolute atomic E-state index is 13.1. The van der Waals surface area contributed by atoms with E-state index >= 15 is 0 Å². The van der Waals surface area contributed by atoms with E-state index in [4.69, 9.17) is 14.2 Å². The van der Waals surface area contributed by atoms with E-state index in [9.17, 15) is 4.79 Å². The van der Waals surface area contributed by atoms with E-state index in [2.05, 4.69) is 20.8 Å². The first-order chi connectivity index (χ1) is 16.1. The highest BCUT2D eigenvalue weighted by atomic mass is 32.1. The molecule has 1 aromatic carbocycles. The maximum atomic E-state index is 13.1. The van der Waals surface area contributed by atoms with Gasteiger partial charge >= 0.3 is 0 Å². The van der Waals surface area contributed by atoms with Crippen LogP contribution in [0.25, 0.3) is 11.4 Å². The van der Waals surface area contributed by atoms with Crippen molar-refractivity contribution in [2.24, 2.45) is 0 Å². The molecule has 0 unspecified atom stereocenters. The number of ether oxygens (including phenoxy) is 1. The van der Waals surface area contributed by atoms with Crippen LogP contribution < -0.4 is 5.32 Å². The molecule has 1 aliphatic heterocycles. The maximum Gasteiger partial charge on any atom is 0.251 e. The molecule has 5 rings (SSSR count). The number of aromatic nitrogens is 3. The normalized spacial score (nSPS) is 18.8. The van der Waals surface area contributed by atoms with Crippen LogP contribution >= 0.6 is 11.3 Å². The second kappa shape index (κ2) is 9.73. The number of amides is 1. The lowest BCUT2D eigenvalue weighted by molar-refractivity contribution is 0.0485. The van der Waals surface area contributed by atoms with Crippen molar-refractivity contribution in [2.45, 2.75) is 63.2 Å². The highest BCUT2D eigenvalue weighted by Crippen LogP contribution is 2.39. The summed E-state index contributed by atoms with van der Waals surface area (Å²) in [5.41, 5.74) is 2.42. The number of rotatable bonds is 6. The first-order valence-electron chi connectivity index (χ1n) is 11.9. The molecular weight excluding hydrogens is 436 g/mol. The second-order valence-corrected chi connectivity index (χ2v) is 10.1. The largest absolute Gasteiger partial charge is 0.381 e. The van der Waals surface area contributed by atoms with Crippen LogP contribution in [0.3, 0.4) is 0 Å². The Balaban J connectivity index is 1.32. The van der Waals surface area contributed by atoms with Crippen molar-refractivity contribution in [1.29, 1.82) is 0 Å². The van der Waals surface area contributed by atoms with E-state index in [0.717, 1.165) is 23.4 Å². The van der Waals surface area contributed by atoms with Crippen LogP contribution in [-0.2, 0) is 10.2 Å². The summed E-state index contributed by atoms with van der Waals surface area (Å²) in [6.07, 6.45) is 8.16. The van der Waals surface area contributed by atoms with Crippen molar-refractivity contribution in [1.82, 2.24) is 20.4 Å². The first kappa shape index (κ1) is 22.2. The number of carbonyl (C=O) groups excluding carboxylic acids is 1. The molecule has 1 aliphatic carbocycles. The molecule has 0 bridgehead atoms. The van der Waals surface area contributed by atoms with Crippen molar-refractivity contribution in [3.63, 3.8) is 0 Å². The van der Waals surface area contributed by atoms with Gasteiger partial charge in [0.05, 0.1) is 5.69 Å². The van der Waals surface area contributed by atoms with Gasteiger partial charge in [-0.25, -0.2) is 4.98 Å². The lowest BCUT2D eigenvalue weighted by atomic mass is 9.80. The third-order valence-electron chi connectivity index (χ3n) is 6.95. The summed E-state index contributed by atoms with van der Waals surface area (Å²) in [4.78, 5) is 22.5. The van der Waals surface area contributed by atoms with Crippen molar-refractivity contribution in [3.05, 3.63) is 51.8 Å². The zero-order valence-corrected chi connectivity index (χ0v) is 19.8. The lowest BCUT2D eigenvalue weighted by Gasteiger charge is -2.35. The number of hydrogen-bond acceptors (Lipinski definition) is 7. The molecule has 3 aromatic rings. The van der Waals surface area contributed by atoms with Gasteiger partial charge in [-0.2, -0.15) is 4.98 Å². The second-order valence-electron chi connectivity index (χ2n) is 9.21. The third kappa shape index (κ3) is 4.87. The fourth-order valence-electron chi connectivity index (χ4n) is 4.91. The van der Waals surface area contributed by atoms with Crippen molar-refractivity contribution in [3.8, 4) is 11.4 Å². The summed E-state index contributed by atoms with van der Waals surface area (Å²) in [5.74, 6) is 1.47. The molecule has 1 saturated heterocycles. The molecule has 1 saturated carbocycles. The van der Waals surface area contributed by atoms with Gasteiger partial charge in [0, 0.05) is 54.5 Å². The molecule has 33 heavy (non-hydrogen) atoms. The molecule has 2 fully saturated rings. The Hall–Kier alpha value is -2.58. The summed E-state index contributed by atoms with van der Waals surface area (Å²) in [7, 11) is 0. The van der Waals surface area contributed by atoms with Crippen molar-refractivity contribution < 1.29 is 14.1 Å². The molecule has 0 radical (unpaired) electrons. The monoisotopic (exact) mass is 466 g/mol. The standard InChI is InChI=1S/C25H30N4O3S/c1-17-27-22(29-32-17)19-8-5-9-20(14-19)23(30)26-16-25(10-12-31-13-11-25)24-28-21(15-33-24)18-6-3-2-4-7-18/h5,8-9,14-15,18H,2-4,6-7,10-13,16H2,1H3,(H,26,30). The Morgan fingerprint density at radius 3 is 2.76 bits per heavy atom. The predicted octanol–water partition coefficient (Wildman–Crippen LogP) is 5.03. The topological polar surface area (TPSA) is 90.1 Å². The van der Waals surface area contributed by atoms with Gasteiger partial charge < -0.3 is 14.6 Å². The number of benzene rings is 1. The van der Waals surface area contributed by atoms with Gasteiger partial charge in [-0.05, 0) is 37.8 Å². The number of hydrogen-bond donors (Lipinski definition) is 1. The molecule has 0 atom stereocenters. The van der Waals surface area contributed by atoms with E-state index in [0.29, 0.717) is 43.0 Å². The quantitative estimate of drug-likeness (QED) is 0.548. The summed E-state index contributed by atoms with van der Waals surface area (Å²) < 4.78 is 10.7.